The summed E-state index contributed by atoms with van der Waals surface area (Å²) in [5, 5.41) is 6.62. The molecule has 2 amide bonds. The van der Waals surface area contributed by atoms with Gasteiger partial charge in [0, 0.05) is 17.3 Å². The van der Waals surface area contributed by atoms with Gasteiger partial charge < -0.3 is 4.42 Å². The van der Waals surface area contributed by atoms with Crippen molar-refractivity contribution in [2.45, 2.75) is 13.8 Å². The van der Waals surface area contributed by atoms with Crippen LogP contribution in [-0.2, 0) is 4.79 Å². The molecule has 0 saturated carbocycles. The second-order valence-corrected chi connectivity index (χ2v) is 6.75. The second kappa shape index (κ2) is 8.15. The summed E-state index contributed by atoms with van der Waals surface area (Å²) >= 11 is 7.29. The van der Waals surface area contributed by atoms with Crippen LogP contribution >= 0.6 is 22.9 Å². The minimum Gasteiger partial charge on any atom is -0.469 e. The number of furan rings is 1. The number of nitrogens with zero attached hydrogens (tertiary/aromatic N) is 3. The minimum absolute atomic E-state index is 0.196. The maximum Gasteiger partial charge on any atom is 0.274 e. The summed E-state index contributed by atoms with van der Waals surface area (Å²) in [4.78, 5) is 29.9. The summed E-state index contributed by atoms with van der Waals surface area (Å²) in [6.07, 6.45) is 2.84. The summed E-state index contributed by atoms with van der Waals surface area (Å²) in [6, 6.07) is 8.52. The molecule has 7 nitrogen and oxygen atoms in total. The highest BCUT2D eigenvalue weighted by atomic mass is 35.5. The molecule has 1 N–H and O–H groups in total. The molecule has 0 saturated heterocycles. The topological polar surface area (TPSA) is 87.8 Å². The first kappa shape index (κ1) is 18.8. The maximum absolute atomic E-state index is 12.1. The molecule has 2 heterocycles. The zero-order valence-corrected chi connectivity index (χ0v) is 16.0. The molecule has 3 aromatic rings. The molecule has 0 aliphatic rings. The third kappa shape index (κ3) is 4.42. The molecule has 9 heteroatoms. The average Bonchev–Trinajstić information content (AvgIpc) is 3.24. The fraction of sp³-hybridized carbons (Fsp3) is 0.111. The second-order valence-electron chi connectivity index (χ2n) is 5.48. The van der Waals surface area contributed by atoms with Crippen LogP contribution in [0.1, 0.15) is 28.7 Å². The van der Waals surface area contributed by atoms with Gasteiger partial charge in [0.05, 0.1) is 29.4 Å². The number of nitrogens with one attached hydrogen (secondary N) is 1. The molecule has 3 rings (SSSR count). The molecule has 0 atom stereocenters. The van der Waals surface area contributed by atoms with Gasteiger partial charge in [0.15, 0.2) is 5.13 Å². The summed E-state index contributed by atoms with van der Waals surface area (Å²) < 4.78 is 5.08. The average molecular weight is 403 g/mol. The van der Waals surface area contributed by atoms with E-state index in [4.69, 9.17) is 16.0 Å². The van der Waals surface area contributed by atoms with Crippen LogP contribution in [0.25, 0.3) is 0 Å². The molecule has 1 aromatic carbocycles. The zero-order valence-electron chi connectivity index (χ0n) is 14.5. The maximum atomic E-state index is 12.1. The standard InChI is InChI=1S/C18H15ClN4O3S/c1-11-16(6-7-26-11)17(25)22-20-9-14-10-27-18(21-14)23(12(2)24)15-5-3-4-13(19)8-15/h3-10H,1-2H3,(H,22,25)/b20-9-. The summed E-state index contributed by atoms with van der Waals surface area (Å²) in [6.45, 7) is 3.14. The molecule has 27 heavy (non-hydrogen) atoms. The van der Waals surface area contributed by atoms with Gasteiger partial charge >= 0.3 is 0 Å². The molecule has 0 bridgehead atoms. The number of carbonyl (C=O) groups excluding carboxylic acids is 2. The van der Waals surface area contributed by atoms with Crippen LogP contribution in [0.2, 0.25) is 5.02 Å². The van der Waals surface area contributed by atoms with Crippen LogP contribution in [0, 0.1) is 6.92 Å². The van der Waals surface area contributed by atoms with E-state index in [0.717, 1.165) is 0 Å². The highest BCUT2D eigenvalue weighted by Gasteiger charge is 2.18. The molecule has 2 aromatic heterocycles. The van der Waals surface area contributed by atoms with Gasteiger partial charge in [-0.3, -0.25) is 14.5 Å². The number of aryl methyl sites for hydroxylation is 1. The van der Waals surface area contributed by atoms with Crippen LogP contribution in [-0.4, -0.2) is 23.0 Å². The van der Waals surface area contributed by atoms with E-state index in [1.807, 2.05) is 0 Å². The van der Waals surface area contributed by atoms with Crippen molar-refractivity contribution in [3.05, 3.63) is 64.0 Å². The van der Waals surface area contributed by atoms with Gasteiger partial charge in [0.25, 0.3) is 5.91 Å². The molecular weight excluding hydrogens is 388 g/mol. The monoisotopic (exact) mass is 402 g/mol. The molecule has 138 valence electrons. The van der Waals surface area contributed by atoms with E-state index < -0.39 is 0 Å². The van der Waals surface area contributed by atoms with Crippen molar-refractivity contribution in [1.29, 1.82) is 0 Å². The molecule has 0 spiro atoms. The molecule has 0 fully saturated rings. The highest BCUT2D eigenvalue weighted by Crippen LogP contribution is 2.30. The number of anilines is 2. The lowest BCUT2D eigenvalue weighted by Crippen LogP contribution is -2.22. The van der Waals surface area contributed by atoms with Gasteiger partial charge in [-0.25, -0.2) is 10.4 Å². The number of hydrogen-bond donors (Lipinski definition) is 1. The van der Waals surface area contributed by atoms with Crippen LogP contribution in [0.5, 0.6) is 0 Å². The van der Waals surface area contributed by atoms with Crippen molar-refractivity contribution in [2.75, 3.05) is 4.90 Å². The van der Waals surface area contributed by atoms with Gasteiger partial charge in [-0.05, 0) is 31.2 Å². The Morgan fingerprint density at radius 3 is 2.85 bits per heavy atom. The number of benzene rings is 1. The van der Waals surface area contributed by atoms with Crippen LogP contribution in [0.4, 0.5) is 10.8 Å². The first-order chi connectivity index (χ1) is 13.0. The lowest BCUT2D eigenvalue weighted by Gasteiger charge is -2.18. The van der Waals surface area contributed by atoms with Gasteiger partial charge in [-0.2, -0.15) is 5.10 Å². The van der Waals surface area contributed by atoms with Crippen LogP contribution in [0.15, 0.2) is 51.5 Å². The van der Waals surface area contributed by atoms with Crippen molar-refractivity contribution < 1.29 is 14.0 Å². The molecule has 0 aliphatic carbocycles. The largest absolute Gasteiger partial charge is 0.469 e. The Hall–Kier alpha value is -2.97. The SMILES string of the molecule is CC(=O)N(c1cccc(Cl)c1)c1nc(/C=N\NC(=O)c2ccoc2C)cs1. The quantitative estimate of drug-likeness (QED) is 0.513. The van der Waals surface area contributed by atoms with E-state index in [2.05, 4.69) is 15.5 Å². The Morgan fingerprint density at radius 1 is 1.37 bits per heavy atom. The van der Waals surface area contributed by atoms with Crippen molar-refractivity contribution >= 4 is 51.8 Å². The van der Waals surface area contributed by atoms with Crippen molar-refractivity contribution in [3.63, 3.8) is 0 Å². The van der Waals surface area contributed by atoms with E-state index in [9.17, 15) is 9.59 Å². The highest BCUT2D eigenvalue weighted by molar-refractivity contribution is 7.14. The predicted molar refractivity (Wildman–Crippen MR) is 105 cm³/mol. The molecule has 0 unspecified atom stereocenters. The smallest absolute Gasteiger partial charge is 0.274 e. The Balaban J connectivity index is 1.74. The summed E-state index contributed by atoms with van der Waals surface area (Å²) in [5.41, 5.74) is 3.95. The molecular formula is C18H15ClN4O3S. The first-order valence-corrected chi connectivity index (χ1v) is 9.11. The lowest BCUT2D eigenvalue weighted by molar-refractivity contribution is -0.115. The number of aromatic nitrogens is 1. The molecule has 0 radical (unpaired) electrons. The van der Waals surface area contributed by atoms with Crippen molar-refractivity contribution in [1.82, 2.24) is 10.4 Å². The van der Waals surface area contributed by atoms with Crippen LogP contribution < -0.4 is 10.3 Å². The van der Waals surface area contributed by atoms with Gasteiger partial charge in [-0.1, -0.05) is 17.7 Å². The Labute approximate surface area is 164 Å². The Kier molecular flexibility index (Phi) is 5.68. The van der Waals surface area contributed by atoms with E-state index in [0.29, 0.717) is 32.9 Å². The van der Waals surface area contributed by atoms with E-state index in [-0.39, 0.29) is 11.8 Å². The third-order valence-electron chi connectivity index (χ3n) is 3.55. The normalized spacial score (nSPS) is 10.9. The fourth-order valence-corrected chi connectivity index (χ4v) is 3.34. The van der Waals surface area contributed by atoms with Crippen LogP contribution in [0.3, 0.4) is 0 Å². The van der Waals surface area contributed by atoms with Gasteiger partial charge in [0.1, 0.15) is 5.76 Å². The number of hydrazone groups is 1. The number of rotatable bonds is 5. The number of halogens is 1. The third-order valence-corrected chi connectivity index (χ3v) is 4.63. The van der Waals surface area contributed by atoms with Gasteiger partial charge in [0.2, 0.25) is 5.91 Å². The lowest BCUT2D eigenvalue weighted by atomic mass is 10.2. The summed E-state index contributed by atoms with van der Waals surface area (Å²) in [7, 11) is 0. The zero-order chi connectivity index (χ0) is 19.4. The van der Waals surface area contributed by atoms with Crippen molar-refractivity contribution in [3.8, 4) is 0 Å². The minimum atomic E-state index is -0.378. The summed E-state index contributed by atoms with van der Waals surface area (Å²) in [5.74, 6) is -0.0617. The number of hydrogen-bond acceptors (Lipinski definition) is 6. The fourth-order valence-electron chi connectivity index (χ4n) is 2.32. The number of amides is 2. The number of carbonyl (C=O) groups is 2. The first-order valence-electron chi connectivity index (χ1n) is 7.85. The van der Waals surface area contributed by atoms with Gasteiger partial charge in [-0.15, -0.1) is 11.3 Å². The Bertz CT molecular complexity index is 1010. The Morgan fingerprint density at radius 2 is 2.19 bits per heavy atom. The van der Waals surface area contributed by atoms with Crippen molar-refractivity contribution in [2.24, 2.45) is 5.10 Å². The predicted octanol–water partition coefficient (Wildman–Crippen LogP) is 4.15. The van der Waals surface area contributed by atoms with E-state index >= 15 is 0 Å². The number of thiazole rings is 1. The molecule has 0 aliphatic heterocycles. The van der Waals surface area contributed by atoms with E-state index in [1.54, 1.807) is 42.6 Å². The van der Waals surface area contributed by atoms with E-state index in [1.165, 1.54) is 35.6 Å².